The van der Waals surface area contributed by atoms with Crippen LogP contribution in [0.2, 0.25) is 0 Å². The molecule has 0 spiro atoms. The first kappa shape index (κ1) is 18.4. The molecule has 0 aliphatic carbocycles. The van der Waals surface area contributed by atoms with Crippen LogP contribution < -0.4 is 10.5 Å². The summed E-state index contributed by atoms with van der Waals surface area (Å²) in [6.07, 6.45) is 5.27. The highest BCUT2D eigenvalue weighted by Crippen LogP contribution is 2.27. The molecule has 0 bridgehead atoms. The number of piperidine rings is 1. The number of carbonyl (C=O) groups is 1. The van der Waals surface area contributed by atoms with E-state index in [-0.39, 0.29) is 11.5 Å². The van der Waals surface area contributed by atoms with Crippen molar-refractivity contribution in [3.05, 3.63) is 62.7 Å². The number of aromatic nitrogens is 2. The van der Waals surface area contributed by atoms with E-state index < -0.39 is 0 Å². The predicted octanol–water partition coefficient (Wildman–Crippen LogP) is 2.95. The zero-order chi connectivity index (χ0) is 19.8. The van der Waals surface area contributed by atoms with Crippen LogP contribution in [0.4, 0.5) is 5.82 Å². The highest BCUT2D eigenvalue weighted by molar-refractivity contribution is 7.10. The molecule has 0 N–H and O–H groups in total. The largest absolute Gasteiger partial charge is 0.356 e. The maximum atomic E-state index is 12.8. The van der Waals surface area contributed by atoms with E-state index >= 15 is 0 Å². The third kappa shape index (κ3) is 3.67. The third-order valence-electron chi connectivity index (χ3n) is 6.12. The van der Waals surface area contributed by atoms with Crippen LogP contribution in [0.3, 0.4) is 0 Å². The first-order valence-electron chi connectivity index (χ1n) is 10.2. The minimum absolute atomic E-state index is 0.0548. The fourth-order valence-electron chi connectivity index (χ4n) is 4.41. The van der Waals surface area contributed by atoms with Crippen molar-refractivity contribution >= 4 is 28.7 Å². The van der Waals surface area contributed by atoms with Crippen LogP contribution in [0.15, 0.2) is 46.7 Å². The van der Waals surface area contributed by atoms with Crippen molar-refractivity contribution in [1.82, 2.24) is 14.3 Å². The lowest BCUT2D eigenvalue weighted by molar-refractivity contribution is -0.133. The zero-order valence-electron chi connectivity index (χ0n) is 16.3. The quantitative estimate of drug-likeness (QED) is 0.669. The Morgan fingerprint density at radius 2 is 2.03 bits per heavy atom. The Morgan fingerprint density at radius 1 is 1.17 bits per heavy atom. The summed E-state index contributed by atoms with van der Waals surface area (Å²) in [6, 6.07) is 9.35. The summed E-state index contributed by atoms with van der Waals surface area (Å²) in [5.41, 5.74) is 1.93. The molecule has 6 nitrogen and oxygen atoms in total. The predicted molar refractivity (Wildman–Crippen MR) is 114 cm³/mol. The molecular weight excluding hydrogens is 384 g/mol. The maximum absolute atomic E-state index is 12.8. The summed E-state index contributed by atoms with van der Waals surface area (Å²) in [5, 5.41) is 2.13. The van der Waals surface area contributed by atoms with E-state index in [1.807, 2.05) is 23.1 Å². The number of thiophene rings is 1. The molecule has 2 aliphatic heterocycles. The molecular formula is C22H24N4O2S. The lowest BCUT2D eigenvalue weighted by Gasteiger charge is -2.34. The van der Waals surface area contributed by atoms with Gasteiger partial charge in [-0.15, -0.1) is 11.3 Å². The van der Waals surface area contributed by atoms with E-state index in [4.69, 9.17) is 0 Å². The van der Waals surface area contributed by atoms with Gasteiger partial charge in [0.2, 0.25) is 5.91 Å². The Balaban J connectivity index is 1.20. The van der Waals surface area contributed by atoms with Crippen molar-refractivity contribution in [3.8, 4) is 0 Å². The Kier molecular flexibility index (Phi) is 4.83. The van der Waals surface area contributed by atoms with Gasteiger partial charge in [0.25, 0.3) is 5.56 Å². The van der Waals surface area contributed by atoms with Gasteiger partial charge in [-0.1, -0.05) is 6.07 Å². The monoisotopic (exact) mass is 408 g/mol. The first-order valence-corrected chi connectivity index (χ1v) is 11.1. The fraction of sp³-hybridized carbons (Fsp3) is 0.409. The van der Waals surface area contributed by atoms with Crippen LogP contribution in [0.1, 0.15) is 29.7 Å². The fourth-order valence-corrected chi connectivity index (χ4v) is 5.30. The number of hydrogen-bond donors (Lipinski definition) is 0. The second-order valence-corrected chi connectivity index (χ2v) is 8.95. The van der Waals surface area contributed by atoms with Crippen LogP contribution in [0.25, 0.3) is 5.65 Å². The van der Waals surface area contributed by atoms with Crippen LogP contribution in [0, 0.1) is 5.92 Å². The summed E-state index contributed by atoms with van der Waals surface area (Å²) in [5.74, 6) is 1.43. The van der Waals surface area contributed by atoms with Gasteiger partial charge in [0, 0.05) is 49.7 Å². The summed E-state index contributed by atoms with van der Waals surface area (Å²) in [4.78, 5) is 35.4. The standard InChI is InChI=1S/C22H24N4O2S/c27-21(25-11-6-18-17(15-25)7-12-29-18)13-16-4-9-24(10-5-16)20-14-22(28)26-8-2-1-3-19(26)23-20/h1-3,7-8,12,14,16H,4-6,9-11,13,15H2. The summed E-state index contributed by atoms with van der Waals surface area (Å²) in [6.45, 7) is 3.28. The van der Waals surface area contributed by atoms with Gasteiger partial charge < -0.3 is 9.80 Å². The highest BCUT2D eigenvalue weighted by Gasteiger charge is 2.27. The summed E-state index contributed by atoms with van der Waals surface area (Å²) in [7, 11) is 0. The molecule has 5 rings (SSSR count). The van der Waals surface area contributed by atoms with E-state index in [2.05, 4.69) is 21.3 Å². The molecule has 7 heteroatoms. The number of pyridine rings is 1. The molecule has 5 heterocycles. The molecule has 1 amide bonds. The Bertz CT molecular complexity index is 1100. The molecule has 0 unspecified atom stereocenters. The number of carbonyl (C=O) groups excluding carboxylic acids is 1. The molecule has 0 atom stereocenters. The van der Waals surface area contributed by atoms with Gasteiger partial charge in [0.15, 0.2) is 0 Å². The maximum Gasteiger partial charge on any atom is 0.259 e. The molecule has 3 aromatic rings. The molecule has 0 radical (unpaired) electrons. The van der Waals surface area contributed by atoms with Crippen molar-refractivity contribution in [2.45, 2.75) is 32.2 Å². The molecule has 0 aromatic carbocycles. The van der Waals surface area contributed by atoms with Crippen molar-refractivity contribution in [2.75, 3.05) is 24.5 Å². The minimum Gasteiger partial charge on any atom is -0.356 e. The number of fused-ring (bicyclic) bond motifs is 2. The zero-order valence-corrected chi connectivity index (χ0v) is 17.1. The van der Waals surface area contributed by atoms with E-state index in [0.29, 0.717) is 18.0 Å². The van der Waals surface area contributed by atoms with Gasteiger partial charge in [0.1, 0.15) is 11.5 Å². The Morgan fingerprint density at radius 3 is 2.90 bits per heavy atom. The number of amides is 1. The Labute approximate surface area is 173 Å². The van der Waals surface area contributed by atoms with E-state index in [1.165, 1.54) is 10.4 Å². The average molecular weight is 409 g/mol. The summed E-state index contributed by atoms with van der Waals surface area (Å²) >= 11 is 1.80. The van der Waals surface area contributed by atoms with Gasteiger partial charge in [-0.2, -0.15) is 0 Å². The molecule has 0 saturated carbocycles. The van der Waals surface area contributed by atoms with E-state index in [9.17, 15) is 9.59 Å². The second kappa shape index (κ2) is 7.63. The molecule has 3 aromatic heterocycles. The Hall–Kier alpha value is -2.67. The number of anilines is 1. The van der Waals surface area contributed by atoms with Gasteiger partial charge in [-0.25, -0.2) is 4.98 Å². The van der Waals surface area contributed by atoms with Gasteiger partial charge >= 0.3 is 0 Å². The normalized spacial score (nSPS) is 17.5. The van der Waals surface area contributed by atoms with Crippen LogP contribution in [-0.2, 0) is 17.8 Å². The minimum atomic E-state index is -0.0548. The van der Waals surface area contributed by atoms with Gasteiger partial charge in [0.05, 0.1) is 0 Å². The van der Waals surface area contributed by atoms with Crippen molar-refractivity contribution in [3.63, 3.8) is 0 Å². The van der Waals surface area contributed by atoms with Gasteiger partial charge in [-0.05, 0) is 54.3 Å². The average Bonchev–Trinajstić information content (AvgIpc) is 3.22. The van der Waals surface area contributed by atoms with Gasteiger partial charge in [-0.3, -0.25) is 14.0 Å². The SMILES string of the molecule is O=C(CC1CCN(c2cc(=O)n3ccccc3n2)CC1)N1CCc2sccc2C1. The lowest BCUT2D eigenvalue weighted by Crippen LogP contribution is -2.39. The van der Waals surface area contributed by atoms with E-state index in [1.54, 1.807) is 28.0 Å². The second-order valence-electron chi connectivity index (χ2n) is 7.95. The first-order chi connectivity index (χ1) is 14.2. The molecule has 1 fully saturated rings. The topological polar surface area (TPSA) is 57.9 Å². The van der Waals surface area contributed by atoms with Crippen molar-refractivity contribution in [2.24, 2.45) is 5.92 Å². The molecule has 1 saturated heterocycles. The number of nitrogens with zero attached hydrogens (tertiary/aromatic N) is 4. The van der Waals surface area contributed by atoms with E-state index in [0.717, 1.165) is 51.3 Å². The highest BCUT2D eigenvalue weighted by atomic mass is 32.1. The van der Waals surface area contributed by atoms with Crippen LogP contribution in [-0.4, -0.2) is 39.8 Å². The third-order valence-corrected chi connectivity index (χ3v) is 7.14. The van der Waals surface area contributed by atoms with Crippen molar-refractivity contribution in [1.29, 1.82) is 0 Å². The molecule has 29 heavy (non-hydrogen) atoms. The number of rotatable bonds is 3. The molecule has 2 aliphatic rings. The lowest BCUT2D eigenvalue weighted by atomic mass is 9.92. The molecule has 150 valence electrons. The van der Waals surface area contributed by atoms with Crippen LogP contribution >= 0.6 is 11.3 Å². The van der Waals surface area contributed by atoms with Crippen molar-refractivity contribution < 1.29 is 4.79 Å². The smallest absolute Gasteiger partial charge is 0.259 e. The number of hydrogen-bond acceptors (Lipinski definition) is 5. The van der Waals surface area contributed by atoms with Crippen LogP contribution in [0.5, 0.6) is 0 Å². The summed E-state index contributed by atoms with van der Waals surface area (Å²) < 4.78 is 1.56.